The first-order valence-electron chi connectivity index (χ1n) is 12.7. The van der Waals surface area contributed by atoms with Crippen LogP contribution in [0.1, 0.15) is 42.7 Å². The molecule has 39 heavy (non-hydrogen) atoms. The van der Waals surface area contributed by atoms with Gasteiger partial charge in [-0.2, -0.15) is 13.2 Å². The molecule has 0 spiro atoms. The van der Waals surface area contributed by atoms with Crippen molar-refractivity contribution in [3.63, 3.8) is 0 Å². The molecule has 0 fully saturated rings. The quantitative estimate of drug-likeness (QED) is 0.463. The van der Waals surface area contributed by atoms with Gasteiger partial charge in [0.25, 0.3) is 0 Å². The number of carbonyl (C=O) groups is 3. The second-order valence-electron chi connectivity index (χ2n) is 9.97. The number of carbonyl (C=O) groups excluding carboxylic acids is 2. The molecular formula is C27H34F3N5O4. The molecule has 12 heteroatoms. The average molecular weight is 550 g/mol. The van der Waals surface area contributed by atoms with Crippen molar-refractivity contribution < 1.29 is 32.7 Å². The van der Waals surface area contributed by atoms with Crippen molar-refractivity contribution in [3.8, 4) is 0 Å². The zero-order chi connectivity index (χ0) is 28.7. The van der Waals surface area contributed by atoms with E-state index >= 15 is 0 Å². The van der Waals surface area contributed by atoms with Crippen LogP contribution in [0, 0.1) is 5.92 Å². The number of rotatable bonds is 10. The Morgan fingerprint density at radius 2 is 1.90 bits per heavy atom. The molecule has 212 valence electrons. The molecule has 0 unspecified atom stereocenters. The average Bonchev–Trinajstić information content (AvgIpc) is 2.88. The van der Waals surface area contributed by atoms with Crippen LogP contribution in [0.15, 0.2) is 36.5 Å². The van der Waals surface area contributed by atoms with Gasteiger partial charge >= 0.3 is 12.3 Å². The van der Waals surface area contributed by atoms with Gasteiger partial charge in [-0.1, -0.05) is 26.0 Å². The van der Waals surface area contributed by atoms with E-state index < -0.39 is 30.3 Å². The molecule has 3 amide bonds. The second kappa shape index (κ2) is 12.8. The summed E-state index contributed by atoms with van der Waals surface area (Å²) in [6, 6.07) is 7.66. The van der Waals surface area contributed by atoms with Crippen molar-refractivity contribution in [2.75, 3.05) is 38.5 Å². The summed E-state index contributed by atoms with van der Waals surface area (Å²) in [4.78, 5) is 44.8. The summed E-state index contributed by atoms with van der Waals surface area (Å²) in [6.45, 7) is 4.18. The van der Waals surface area contributed by atoms with Gasteiger partial charge in [-0.15, -0.1) is 0 Å². The molecule has 0 bridgehead atoms. The van der Waals surface area contributed by atoms with E-state index in [1.165, 1.54) is 24.2 Å². The lowest BCUT2D eigenvalue weighted by molar-refractivity contribution is -0.140. The highest BCUT2D eigenvalue weighted by atomic mass is 19.4. The van der Waals surface area contributed by atoms with E-state index in [0.29, 0.717) is 31.6 Å². The number of hydrogen-bond donors (Lipinski definition) is 2. The number of amides is 3. The summed E-state index contributed by atoms with van der Waals surface area (Å²) in [6.07, 6.45) is -3.57. The Balaban J connectivity index is 1.74. The summed E-state index contributed by atoms with van der Waals surface area (Å²) < 4.78 is 40.6. The zero-order valence-corrected chi connectivity index (χ0v) is 22.3. The van der Waals surface area contributed by atoms with Crippen molar-refractivity contribution in [2.45, 2.75) is 46.0 Å². The van der Waals surface area contributed by atoms with Gasteiger partial charge < -0.3 is 25.1 Å². The predicted molar refractivity (Wildman–Crippen MR) is 139 cm³/mol. The van der Waals surface area contributed by atoms with Crippen LogP contribution in [0.4, 0.5) is 23.7 Å². The van der Waals surface area contributed by atoms with E-state index in [9.17, 15) is 27.6 Å². The van der Waals surface area contributed by atoms with E-state index in [1.807, 2.05) is 36.9 Å². The predicted octanol–water partition coefficient (Wildman–Crippen LogP) is 4.08. The van der Waals surface area contributed by atoms with Crippen LogP contribution < -0.4 is 5.32 Å². The number of alkyl halides is 3. The van der Waals surface area contributed by atoms with Gasteiger partial charge in [0.05, 0.1) is 24.3 Å². The van der Waals surface area contributed by atoms with E-state index in [2.05, 4.69) is 10.3 Å². The van der Waals surface area contributed by atoms with Gasteiger partial charge in [-0.05, 0) is 41.7 Å². The van der Waals surface area contributed by atoms with Crippen LogP contribution in [0.5, 0.6) is 0 Å². The van der Waals surface area contributed by atoms with Crippen LogP contribution >= 0.6 is 0 Å². The lowest BCUT2D eigenvalue weighted by Crippen LogP contribution is -2.41. The summed E-state index contributed by atoms with van der Waals surface area (Å²) in [5, 5.41) is 12.3. The largest absolute Gasteiger partial charge is 0.465 e. The van der Waals surface area contributed by atoms with E-state index in [-0.39, 0.29) is 37.2 Å². The molecular weight excluding hydrogens is 515 g/mol. The van der Waals surface area contributed by atoms with E-state index in [1.54, 1.807) is 0 Å². The first kappa shape index (κ1) is 29.7. The third-order valence-electron chi connectivity index (χ3n) is 6.55. The summed E-state index contributed by atoms with van der Waals surface area (Å²) in [5.41, 5.74) is 1.41. The fourth-order valence-electron chi connectivity index (χ4n) is 4.41. The van der Waals surface area contributed by atoms with Gasteiger partial charge in [-0.3, -0.25) is 14.6 Å². The molecule has 0 atom stereocenters. The van der Waals surface area contributed by atoms with Gasteiger partial charge in [-0.25, -0.2) is 4.79 Å². The maximum Gasteiger partial charge on any atom is 0.418 e. The molecule has 2 aromatic rings. The molecule has 1 aromatic heterocycles. The molecule has 2 N–H and O–H groups in total. The third-order valence-corrected chi connectivity index (χ3v) is 6.55. The SMILES string of the molecule is CC(C)CC(=O)N1CCc2c(cccc2NCC(=O)N(CCN(C)C(=O)O)Cc2ncccc2C(F)(F)F)C1. The Kier molecular flexibility index (Phi) is 9.76. The number of anilines is 1. The van der Waals surface area contributed by atoms with Crippen molar-refractivity contribution in [1.29, 1.82) is 0 Å². The summed E-state index contributed by atoms with van der Waals surface area (Å²) in [5.74, 6) is -0.150. The van der Waals surface area contributed by atoms with Crippen molar-refractivity contribution in [3.05, 3.63) is 58.9 Å². The number of nitrogens with zero attached hydrogens (tertiary/aromatic N) is 4. The smallest absolute Gasteiger partial charge is 0.418 e. The monoisotopic (exact) mass is 549 g/mol. The lowest BCUT2D eigenvalue weighted by atomic mass is 9.97. The minimum atomic E-state index is -4.65. The lowest BCUT2D eigenvalue weighted by Gasteiger charge is -2.31. The van der Waals surface area contributed by atoms with Gasteiger partial charge in [0.1, 0.15) is 0 Å². The van der Waals surface area contributed by atoms with E-state index in [4.69, 9.17) is 5.11 Å². The molecule has 0 saturated heterocycles. The molecule has 2 heterocycles. The molecule has 0 aliphatic carbocycles. The maximum absolute atomic E-state index is 13.5. The highest BCUT2D eigenvalue weighted by molar-refractivity contribution is 5.81. The molecule has 1 aliphatic heterocycles. The van der Waals surface area contributed by atoms with Crippen molar-refractivity contribution in [2.24, 2.45) is 5.92 Å². The number of benzene rings is 1. The number of nitrogens with one attached hydrogen (secondary N) is 1. The normalized spacial score (nSPS) is 13.2. The number of aromatic nitrogens is 1. The fourth-order valence-corrected chi connectivity index (χ4v) is 4.41. The molecule has 1 aromatic carbocycles. The molecule has 0 saturated carbocycles. The first-order chi connectivity index (χ1) is 18.4. The summed E-state index contributed by atoms with van der Waals surface area (Å²) >= 11 is 0. The van der Waals surface area contributed by atoms with Crippen LogP contribution in [0.2, 0.25) is 0 Å². The topological polar surface area (TPSA) is 106 Å². The maximum atomic E-state index is 13.5. The molecule has 1 aliphatic rings. The van der Waals surface area contributed by atoms with Crippen LogP contribution in [0.25, 0.3) is 0 Å². The Labute approximate surface area is 225 Å². The van der Waals surface area contributed by atoms with Gasteiger partial charge in [0.15, 0.2) is 0 Å². The number of fused-ring (bicyclic) bond motifs is 1. The second-order valence-corrected chi connectivity index (χ2v) is 9.97. The number of likely N-dealkylation sites (N-methyl/N-ethyl adjacent to an activating group) is 1. The first-order valence-corrected chi connectivity index (χ1v) is 12.7. The zero-order valence-electron chi connectivity index (χ0n) is 22.3. The van der Waals surface area contributed by atoms with Gasteiger partial charge in [0, 0.05) is 51.5 Å². The number of halogens is 3. The van der Waals surface area contributed by atoms with Crippen molar-refractivity contribution >= 4 is 23.6 Å². The summed E-state index contributed by atoms with van der Waals surface area (Å²) in [7, 11) is 1.32. The molecule has 0 radical (unpaired) electrons. The third kappa shape index (κ3) is 8.08. The minimum Gasteiger partial charge on any atom is -0.465 e. The molecule has 9 nitrogen and oxygen atoms in total. The van der Waals surface area contributed by atoms with Crippen molar-refractivity contribution in [1.82, 2.24) is 19.7 Å². The fraction of sp³-hybridized carbons (Fsp3) is 0.481. The minimum absolute atomic E-state index is 0.0871. The van der Waals surface area contributed by atoms with Crippen LogP contribution in [-0.2, 0) is 35.3 Å². The number of carboxylic acid groups (broad SMARTS) is 1. The number of pyridine rings is 1. The number of hydrogen-bond acceptors (Lipinski definition) is 5. The van der Waals surface area contributed by atoms with Gasteiger partial charge in [0.2, 0.25) is 11.8 Å². The van der Waals surface area contributed by atoms with Crippen LogP contribution in [-0.4, -0.2) is 75.9 Å². The Morgan fingerprint density at radius 1 is 1.15 bits per heavy atom. The highest BCUT2D eigenvalue weighted by Gasteiger charge is 2.34. The van der Waals surface area contributed by atoms with E-state index in [0.717, 1.165) is 22.1 Å². The highest BCUT2D eigenvalue weighted by Crippen LogP contribution is 2.31. The Hall–Kier alpha value is -3.83. The standard InChI is InChI=1S/C27H34F3N5O4/c1-18(2)14-24(36)34-11-9-20-19(16-34)6-4-8-22(20)32-15-25(37)35(13-12-33(3)26(38)39)17-23-21(27(28,29)30)7-5-10-31-23/h4-8,10,18,32H,9,11-17H2,1-3H3,(H,38,39). The Bertz CT molecular complexity index is 1190. The Morgan fingerprint density at radius 3 is 2.56 bits per heavy atom. The van der Waals surface area contributed by atoms with Crippen LogP contribution in [0.3, 0.4) is 0 Å². The molecule has 3 rings (SSSR count).